The summed E-state index contributed by atoms with van der Waals surface area (Å²) in [5.74, 6) is 0. The number of rotatable bonds is 7. The Morgan fingerprint density at radius 1 is 1.17 bits per heavy atom. The first-order chi connectivity index (χ1) is 8.54. The van der Waals surface area contributed by atoms with Crippen molar-refractivity contribution >= 4 is 7.60 Å². The molecule has 1 aromatic rings. The van der Waals surface area contributed by atoms with E-state index in [0.717, 1.165) is 11.1 Å². The Kier molecular flexibility index (Phi) is 6.03. The van der Waals surface area contributed by atoms with E-state index in [1.54, 1.807) is 0 Å². The minimum absolute atomic E-state index is 0.0701. The molecule has 0 heterocycles. The standard InChI is InChI=1S/C13H21O4P/c1-5-17-11(2)13-8-6-12(7-9-13)10-18(14,15-3)16-4/h6-9,11H,5,10H2,1-4H3. The van der Waals surface area contributed by atoms with Crippen LogP contribution in [0.15, 0.2) is 24.3 Å². The average Bonchev–Trinajstić information content (AvgIpc) is 2.39. The molecule has 5 heteroatoms. The van der Waals surface area contributed by atoms with Crippen LogP contribution in [0.1, 0.15) is 31.1 Å². The van der Waals surface area contributed by atoms with Gasteiger partial charge in [-0.15, -0.1) is 0 Å². The van der Waals surface area contributed by atoms with Gasteiger partial charge in [-0.25, -0.2) is 0 Å². The van der Waals surface area contributed by atoms with E-state index in [-0.39, 0.29) is 12.3 Å². The molecule has 0 N–H and O–H groups in total. The van der Waals surface area contributed by atoms with Gasteiger partial charge in [0.15, 0.2) is 0 Å². The molecule has 0 saturated heterocycles. The Balaban J connectivity index is 2.74. The minimum atomic E-state index is -2.99. The van der Waals surface area contributed by atoms with E-state index in [4.69, 9.17) is 13.8 Å². The van der Waals surface area contributed by atoms with E-state index in [0.29, 0.717) is 6.61 Å². The highest BCUT2D eigenvalue weighted by Crippen LogP contribution is 2.49. The SMILES string of the molecule is CCOC(C)c1ccc(CP(=O)(OC)OC)cc1. The van der Waals surface area contributed by atoms with Crippen molar-refractivity contribution in [2.75, 3.05) is 20.8 Å². The second-order valence-electron chi connectivity index (χ2n) is 3.97. The third-order valence-corrected chi connectivity index (χ3v) is 4.66. The Labute approximate surface area is 109 Å². The van der Waals surface area contributed by atoms with E-state index < -0.39 is 7.60 Å². The fourth-order valence-corrected chi connectivity index (χ4v) is 2.73. The molecule has 0 spiro atoms. The normalized spacial score (nSPS) is 13.6. The van der Waals surface area contributed by atoms with Crippen LogP contribution in [-0.4, -0.2) is 20.8 Å². The van der Waals surface area contributed by atoms with Crippen LogP contribution in [-0.2, 0) is 24.5 Å². The summed E-state index contributed by atoms with van der Waals surface area (Å²) >= 11 is 0. The highest BCUT2D eigenvalue weighted by molar-refractivity contribution is 7.52. The summed E-state index contributed by atoms with van der Waals surface area (Å²) in [6.07, 6.45) is 0.351. The molecule has 18 heavy (non-hydrogen) atoms. The van der Waals surface area contributed by atoms with Gasteiger partial charge in [0.25, 0.3) is 0 Å². The maximum atomic E-state index is 12.0. The van der Waals surface area contributed by atoms with Crippen LogP contribution in [0.2, 0.25) is 0 Å². The molecule has 1 rings (SSSR count). The van der Waals surface area contributed by atoms with Crippen LogP contribution >= 0.6 is 7.60 Å². The molecule has 0 fully saturated rings. The van der Waals surface area contributed by atoms with Gasteiger partial charge in [0, 0.05) is 20.8 Å². The first-order valence-electron chi connectivity index (χ1n) is 5.95. The lowest BCUT2D eigenvalue weighted by Crippen LogP contribution is -2.00. The Hall–Kier alpha value is -0.670. The Morgan fingerprint density at radius 3 is 2.17 bits per heavy atom. The molecule has 4 nitrogen and oxygen atoms in total. The first-order valence-corrected chi connectivity index (χ1v) is 7.68. The summed E-state index contributed by atoms with van der Waals surface area (Å²) in [7, 11) is -0.189. The van der Waals surface area contributed by atoms with Gasteiger partial charge in [0.2, 0.25) is 0 Å². The average molecular weight is 272 g/mol. The second-order valence-corrected chi connectivity index (χ2v) is 6.24. The molecule has 0 aromatic heterocycles. The highest BCUT2D eigenvalue weighted by atomic mass is 31.2. The summed E-state index contributed by atoms with van der Waals surface area (Å²) in [5.41, 5.74) is 2.03. The number of hydrogen-bond donors (Lipinski definition) is 0. The molecule has 0 amide bonds. The lowest BCUT2D eigenvalue weighted by atomic mass is 10.1. The van der Waals surface area contributed by atoms with E-state index in [1.807, 2.05) is 38.1 Å². The van der Waals surface area contributed by atoms with E-state index >= 15 is 0 Å². The number of benzene rings is 1. The predicted molar refractivity (Wildman–Crippen MR) is 71.8 cm³/mol. The summed E-state index contributed by atoms with van der Waals surface area (Å²) < 4.78 is 27.3. The quantitative estimate of drug-likeness (QED) is 0.709. The van der Waals surface area contributed by atoms with Crippen molar-refractivity contribution in [3.05, 3.63) is 35.4 Å². The fourth-order valence-electron chi connectivity index (χ4n) is 1.67. The topological polar surface area (TPSA) is 44.8 Å². The molecule has 0 radical (unpaired) electrons. The van der Waals surface area contributed by atoms with Crippen LogP contribution in [0.5, 0.6) is 0 Å². The first kappa shape index (κ1) is 15.4. The monoisotopic (exact) mass is 272 g/mol. The Bertz CT molecular complexity index is 394. The molecule has 0 aliphatic carbocycles. The molecule has 1 aromatic carbocycles. The molecule has 1 atom stereocenters. The van der Waals surface area contributed by atoms with Crippen molar-refractivity contribution < 1.29 is 18.3 Å². The van der Waals surface area contributed by atoms with Crippen molar-refractivity contribution in [1.82, 2.24) is 0 Å². The molecule has 0 aliphatic rings. The van der Waals surface area contributed by atoms with Crippen molar-refractivity contribution in [3.63, 3.8) is 0 Å². The molecule has 0 aliphatic heterocycles. The third-order valence-electron chi connectivity index (χ3n) is 2.80. The molecule has 102 valence electrons. The summed E-state index contributed by atoms with van der Waals surface area (Å²) in [5, 5.41) is 0. The number of hydrogen-bond acceptors (Lipinski definition) is 4. The zero-order valence-corrected chi connectivity index (χ0v) is 12.3. The maximum absolute atomic E-state index is 12.0. The van der Waals surface area contributed by atoms with Crippen molar-refractivity contribution in [2.24, 2.45) is 0 Å². The van der Waals surface area contributed by atoms with Crippen molar-refractivity contribution in [1.29, 1.82) is 0 Å². The lowest BCUT2D eigenvalue weighted by Gasteiger charge is -2.15. The van der Waals surface area contributed by atoms with E-state index in [9.17, 15) is 4.57 Å². The zero-order valence-electron chi connectivity index (χ0n) is 11.4. The van der Waals surface area contributed by atoms with Crippen LogP contribution in [0.3, 0.4) is 0 Å². The van der Waals surface area contributed by atoms with Crippen LogP contribution in [0.25, 0.3) is 0 Å². The number of ether oxygens (including phenoxy) is 1. The maximum Gasteiger partial charge on any atom is 0.334 e. The summed E-state index contributed by atoms with van der Waals surface area (Å²) in [6.45, 7) is 4.66. The third kappa shape index (κ3) is 4.21. The van der Waals surface area contributed by atoms with Gasteiger partial charge in [-0.3, -0.25) is 4.57 Å². The minimum Gasteiger partial charge on any atom is -0.374 e. The molecule has 0 saturated carbocycles. The summed E-state index contributed by atoms with van der Waals surface area (Å²) in [4.78, 5) is 0. The van der Waals surface area contributed by atoms with Gasteiger partial charge in [-0.05, 0) is 25.0 Å². The van der Waals surface area contributed by atoms with Gasteiger partial charge in [-0.2, -0.15) is 0 Å². The Morgan fingerprint density at radius 2 is 1.72 bits per heavy atom. The molecular formula is C13H21O4P. The lowest BCUT2D eigenvalue weighted by molar-refractivity contribution is 0.0764. The molecule has 1 unspecified atom stereocenters. The van der Waals surface area contributed by atoms with Gasteiger partial charge in [-0.1, -0.05) is 24.3 Å². The van der Waals surface area contributed by atoms with Gasteiger partial charge >= 0.3 is 7.60 Å². The largest absolute Gasteiger partial charge is 0.374 e. The van der Waals surface area contributed by atoms with Gasteiger partial charge in [0.05, 0.1) is 12.3 Å². The van der Waals surface area contributed by atoms with E-state index in [1.165, 1.54) is 14.2 Å². The van der Waals surface area contributed by atoms with Gasteiger partial charge in [0.1, 0.15) is 0 Å². The van der Waals surface area contributed by atoms with E-state index in [2.05, 4.69) is 0 Å². The van der Waals surface area contributed by atoms with Crippen molar-refractivity contribution in [2.45, 2.75) is 26.1 Å². The molecule has 0 bridgehead atoms. The zero-order chi connectivity index (χ0) is 13.6. The van der Waals surface area contributed by atoms with Crippen LogP contribution in [0, 0.1) is 0 Å². The molecular weight excluding hydrogens is 251 g/mol. The fraction of sp³-hybridized carbons (Fsp3) is 0.538. The second kappa shape index (κ2) is 7.05. The summed E-state index contributed by atoms with van der Waals surface area (Å²) in [6, 6.07) is 7.81. The van der Waals surface area contributed by atoms with Crippen LogP contribution in [0.4, 0.5) is 0 Å². The predicted octanol–water partition coefficient (Wildman–Crippen LogP) is 3.77. The highest BCUT2D eigenvalue weighted by Gasteiger charge is 2.21. The van der Waals surface area contributed by atoms with Crippen LogP contribution < -0.4 is 0 Å². The van der Waals surface area contributed by atoms with Gasteiger partial charge < -0.3 is 13.8 Å². The smallest absolute Gasteiger partial charge is 0.334 e. The van der Waals surface area contributed by atoms with Crippen molar-refractivity contribution in [3.8, 4) is 0 Å².